The third kappa shape index (κ3) is 11.1. The van der Waals surface area contributed by atoms with E-state index in [-0.39, 0.29) is 5.57 Å². The van der Waals surface area contributed by atoms with Crippen LogP contribution in [0.3, 0.4) is 0 Å². The molecule has 31 heavy (non-hydrogen) atoms. The lowest BCUT2D eigenvalue weighted by molar-refractivity contribution is -0.305. The predicted octanol–water partition coefficient (Wildman–Crippen LogP) is 6.17. The van der Waals surface area contributed by atoms with Crippen LogP contribution in [0.25, 0.3) is 0 Å². The number of halogens is 3. The Morgan fingerprint density at radius 2 is 1.45 bits per heavy atom. The van der Waals surface area contributed by atoms with Crippen molar-refractivity contribution in [3.63, 3.8) is 0 Å². The first-order chi connectivity index (χ1) is 14.0. The van der Waals surface area contributed by atoms with Crippen LogP contribution in [0.5, 0.6) is 0 Å². The topological polar surface area (TPSA) is 72.8 Å². The molecule has 0 atom stereocenters. The molecule has 0 aromatic heterocycles. The Hall–Kier alpha value is -3.03. The van der Waals surface area contributed by atoms with Gasteiger partial charge >= 0.3 is 12.3 Å². The number of ether oxygens (including phenoxy) is 2. The molecule has 0 aliphatic heterocycles. The molecule has 0 saturated heterocycles. The standard InChI is InChI=1S/C23H29F3O5/c1-14(2)20(31-22(7,8)21(28)29)17(5)13-15(3)9-12-19(27)16(4)10-11-18(6)30-23(24,25)26/h9-13H,3H2,1-2,4-8H3,(H,28,29). The van der Waals surface area contributed by atoms with E-state index in [0.717, 1.165) is 18.6 Å². The van der Waals surface area contributed by atoms with E-state index in [4.69, 9.17) is 4.74 Å². The Morgan fingerprint density at radius 1 is 0.903 bits per heavy atom. The molecule has 0 rings (SSSR count). The van der Waals surface area contributed by atoms with E-state index in [1.54, 1.807) is 26.8 Å². The summed E-state index contributed by atoms with van der Waals surface area (Å²) in [5.74, 6) is -1.54. The molecule has 5 nitrogen and oxygen atoms in total. The maximum absolute atomic E-state index is 12.1. The Bertz CT molecular complexity index is 862. The van der Waals surface area contributed by atoms with Gasteiger partial charge in [0.1, 0.15) is 11.5 Å². The zero-order valence-electron chi connectivity index (χ0n) is 18.8. The van der Waals surface area contributed by atoms with E-state index in [1.807, 2.05) is 0 Å². The minimum Gasteiger partial charge on any atom is -0.478 e. The fraction of sp³-hybridized carbons (Fsp3) is 0.391. The summed E-state index contributed by atoms with van der Waals surface area (Å²) in [6.07, 6.45) is 1.79. The number of alkyl halides is 3. The average molecular weight is 442 g/mol. The van der Waals surface area contributed by atoms with Gasteiger partial charge in [-0.2, -0.15) is 0 Å². The molecule has 0 aromatic rings. The van der Waals surface area contributed by atoms with Crippen molar-refractivity contribution in [3.05, 3.63) is 70.8 Å². The van der Waals surface area contributed by atoms with E-state index in [9.17, 15) is 27.9 Å². The number of carbonyl (C=O) groups excluding carboxylic acids is 1. The maximum Gasteiger partial charge on any atom is 0.572 e. The first-order valence-electron chi connectivity index (χ1n) is 9.27. The number of carboxylic acid groups (broad SMARTS) is 1. The lowest BCUT2D eigenvalue weighted by Gasteiger charge is -2.25. The van der Waals surface area contributed by atoms with Crippen molar-refractivity contribution in [1.82, 2.24) is 0 Å². The number of ketones is 1. The lowest BCUT2D eigenvalue weighted by atomic mass is 10.1. The number of hydrogen-bond acceptors (Lipinski definition) is 4. The molecule has 8 heteroatoms. The number of allylic oxidation sites excluding steroid dienone is 10. The summed E-state index contributed by atoms with van der Waals surface area (Å²) in [6, 6.07) is 0. The Kier molecular flexibility index (Phi) is 10.3. The molecular formula is C23H29F3O5. The van der Waals surface area contributed by atoms with Crippen molar-refractivity contribution in [2.75, 3.05) is 0 Å². The fourth-order valence-corrected chi connectivity index (χ4v) is 2.12. The van der Waals surface area contributed by atoms with Crippen molar-refractivity contribution < 1.29 is 37.3 Å². The van der Waals surface area contributed by atoms with E-state index in [2.05, 4.69) is 11.3 Å². The van der Waals surface area contributed by atoms with E-state index in [1.165, 1.54) is 39.0 Å². The lowest BCUT2D eigenvalue weighted by Crippen LogP contribution is -2.34. The highest BCUT2D eigenvalue weighted by Crippen LogP contribution is 2.25. The third-order valence-corrected chi connectivity index (χ3v) is 3.77. The van der Waals surface area contributed by atoms with Crippen molar-refractivity contribution in [3.8, 4) is 0 Å². The smallest absolute Gasteiger partial charge is 0.478 e. The van der Waals surface area contributed by atoms with Gasteiger partial charge in [0.05, 0.1) is 0 Å². The van der Waals surface area contributed by atoms with Gasteiger partial charge in [-0.25, -0.2) is 4.79 Å². The van der Waals surface area contributed by atoms with Gasteiger partial charge in [-0.05, 0) is 89.0 Å². The largest absolute Gasteiger partial charge is 0.572 e. The molecule has 0 radical (unpaired) electrons. The van der Waals surface area contributed by atoms with Crippen LogP contribution in [0.2, 0.25) is 0 Å². The number of carboxylic acids is 1. The molecule has 0 unspecified atom stereocenters. The molecule has 0 spiro atoms. The molecule has 0 heterocycles. The van der Waals surface area contributed by atoms with Crippen LogP contribution in [0.15, 0.2) is 70.8 Å². The quantitative estimate of drug-likeness (QED) is 0.249. The molecular weight excluding hydrogens is 413 g/mol. The summed E-state index contributed by atoms with van der Waals surface area (Å²) in [5, 5.41) is 9.26. The van der Waals surface area contributed by atoms with Crippen molar-refractivity contribution in [2.24, 2.45) is 0 Å². The Labute approximate surface area is 180 Å². The molecule has 0 saturated carbocycles. The molecule has 0 aliphatic carbocycles. The molecule has 0 aromatic carbocycles. The minimum absolute atomic E-state index is 0.200. The van der Waals surface area contributed by atoms with Gasteiger partial charge in [0, 0.05) is 0 Å². The second kappa shape index (κ2) is 11.4. The van der Waals surface area contributed by atoms with Gasteiger partial charge in [-0.1, -0.05) is 18.7 Å². The van der Waals surface area contributed by atoms with Crippen molar-refractivity contribution in [1.29, 1.82) is 0 Å². The molecule has 0 fully saturated rings. The summed E-state index contributed by atoms with van der Waals surface area (Å²) in [7, 11) is 0. The maximum atomic E-state index is 12.1. The molecule has 1 N–H and O–H groups in total. The summed E-state index contributed by atoms with van der Waals surface area (Å²) in [5.41, 5.74) is 0.593. The second-order valence-corrected chi connectivity index (χ2v) is 7.52. The molecule has 0 aliphatic rings. The number of carbonyl (C=O) groups is 2. The van der Waals surface area contributed by atoms with Crippen LogP contribution in [-0.2, 0) is 19.1 Å². The van der Waals surface area contributed by atoms with Gasteiger partial charge in [0.15, 0.2) is 11.4 Å². The van der Waals surface area contributed by atoms with Crippen molar-refractivity contribution >= 4 is 11.8 Å². The molecule has 0 bridgehead atoms. The first kappa shape index (κ1) is 28.0. The van der Waals surface area contributed by atoms with Crippen LogP contribution in [-0.4, -0.2) is 28.8 Å². The number of aliphatic carboxylic acids is 1. The number of rotatable bonds is 10. The Balaban J connectivity index is 5.36. The average Bonchev–Trinajstić information content (AvgIpc) is 2.60. The second-order valence-electron chi connectivity index (χ2n) is 7.52. The van der Waals surface area contributed by atoms with Crippen LogP contribution in [0, 0.1) is 0 Å². The van der Waals surface area contributed by atoms with Gasteiger partial charge in [0.25, 0.3) is 0 Å². The van der Waals surface area contributed by atoms with Crippen LogP contribution >= 0.6 is 0 Å². The van der Waals surface area contributed by atoms with E-state index >= 15 is 0 Å². The van der Waals surface area contributed by atoms with Gasteiger partial charge in [-0.3, -0.25) is 4.79 Å². The zero-order valence-corrected chi connectivity index (χ0v) is 18.8. The van der Waals surface area contributed by atoms with E-state index < -0.39 is 29.5 Å². The SMILES string of the molecule is C=C(C=CC(=O)C(C)=CC=C(C)OC(F)(F)F)C=C(C)C(OC(C)(C)C(=O)O)=C(C)C. The fourth-order valence-electron chi connectivity index (χ4n) is 2.12. The third-order valence-electron chi connectivity index (χ3n) is 3.77. The summed E-state index contributed by atoms with van der Waals surface area (Å²) >= 11 is 0. The van der Waals surface area contributed by atoms with Crippen molar-refractivity contribution in [2.45, 2.75) is 60.4 Å². The van der Waals surface area contributed by atoms with Crippen LogP contribution in [0.4, 0.5) is 13.2 Å². The summed E-state index contributed by atoms with van der Waals surface area (Å²) in [4.78, 5) is 23.4. The summed E-state index contributed by atoms with van der Waals surface area (Å²) < 4.78 is 45.7. The minimum atomic E-state index is -4.79. The normalized spacial score (nSPS) is 13.8. The highest BCUT2D eigenvalue weighted by atomic mass is 19.4. The summed E-state index contributed by atoms with van der Waals surface area (Å²) in [6.45, 7) is 14.6. The van der Waals surface area contributed by atoms with Crippen LogP contribution in [0.1, 0.15) is 48.5 Å². The van der Waals surface area contributed by atoms with Crippen LogP contribution < -0.4 is 0 Å². The van der Waals surface area contributed by atoms with E-state index in [0.29, 0.717) is 16.9 Å². The zero-order chi connectivity index (χ0) is 24.6. The molecule has 0 amide bonds. The first-order valence-corrected chi connectivity index (χ1v) is 9.27. The number of hydrogen-bond donors (Lipinski definition) is 1. The highest BCUT2D eigenvalue weighted by Gasteiger charge is 2.31. The predicted molar refractivity (Wildman–Crippen MR) is 113 cm³/mol. The monoisotopic (exact) mass is 442 g/mol. The molecule has 172 valence electrons. The Morgan fingerprint density at radius 3 is 1.90 bits per heavy atom. The van der Waals surface area contributed by atoms with Gasteiger partial charge in [0.2, 0.25) is 0 Å². The highest BCUT2D eigenvalue weighted by molar-refractivity contribution is 6.03. The van der Waals surface area contributed by atoms with Gasteiger partial charge < -0.3 is 14.6 Å². The van der Waals surface area contributed by atoms with Gasteiger partial charge in [-0.15, -0.1) is 13.2 Å².